The zero-order valence-corrected chi connectivity index (χ0v) is 14.3. The van der Waals surface area contributed by atoms with Crippen LogP contribution in [0.2, 0.25) is 0 Å². The zero-order valence-electron chi connectivity index (χ0n) is 12.7. The predicted octanol–water partition coefficient (Wildman–Crippen LogP) is 2.67. The quantitative estimate of drug-likeness (QED) is 0.611. The van der Waals surface area contributed by atoms with Crippen molar-refractivity contribution in [2.75, 3.05) is 13.7 Å². The lowest BCUT2D eigenvalue weighted by atomic mass is 9.81. The molecule has 8 heteroatoms. The summed E-state index contributed by atoms with van der Waals surface area (Å²) in [6, 6.07) is 1.79. The molecule has 1 aromatic carbocycles. The van der Waals surface area contributed by atoms with Crippen molar-refractivity contribution in [3.8, 4) is 0 Å². The Labute approximate surface area is 144 Å². The van der Waals surface area contributed by atoms with Crippen molar-refractivity contribution in [1.29, 1.82) is 0 Å². The van der Waals surface area contributed by atoms with Crippen LogP contribution in [0.15, 0.2) is 39.1 Å². The Balaban J connectivity index is 2.28. The molecule has 1 aromatic rings. The average molecular weight is 400 g/mol. The Bertz CT molecular complexity index is 832. The fourth-order valence-electron chi connectivity index (χ4n) is 2.94. The number of benzene rings is 1. The molecule has 126 valence electrons. The molecule has 0 radical (unpaired) electrons. The van der Waals surface area contributed by atoms with Crippen LogP contribution >= 0.6 is 15.9 Å². The SMILES string of the molecule is COC(=O)C1=C(C)NC2=C(C(=O)OC2)[C@H]1c1cc(F)cc(F)c1Br. The highest BCUT2D eigenvalue weighted by Gasteiger charge is 2.42. The third-order valence-corrected chi connectivity index (χ3v) is 4.79. The van der Waals surface area contributed by atoms with Crippen LogP contribution < -0.4 is 5.32 Å². The number of rotatable bonds is 2. The molecular formula is C16H12BrF2NO4. The summed E-state index contributed by atoms with van der Waals surface area (Å²) in [6.45, 7) is 1.63. The zero-order chi connectivity index (χ0) is 17.6. The fourth-order valence-corrected chi connectivity index (χ4v) is 3.40. The number of carbonyl (C=O) groups excluding carboxylic acids is 2. The van der Waals surface area contributed by atoms with Gasteiger partial charge in [-0.2, -0.15) is 0 Å². The number of dihydropyridines is 1. The fraction of sp³-hybridized carbons (Fsp3) is 0.250. The summed E-state index contributed by atoms with van der Waals surface area (Å²) in [6.07, 6.45) is 0. The Hall–Kier alpha value is -2.22. The first-order valence-electron chi connectivity index (χ1n) is 6.95. The molecule has 0 spiro atoms. The average Bonchev–Trinajstić information content (AvgIpc) is 2.89. The van der Waals surface area contributed by atoms with Crippen molar-refractivity contribution in [2.45, 2.75) is 12.8 Å². The van der Waals surface area contributed by atoms with E-state index in [-0.39, 0.29) is 27.8 Å². The Morgan fingerprint density at radius 2 is 2.12 bits per heavy atom. The highest BCUT2D eigenvalue weighted by Crippen LogP contribution is 2.44. The van der Waals surface area contributed by atoms with Crippen molar-refractivity contribution < 1.29 is 27.8 Å². The number of allylic oxidation sites excluding steroid dienone is 1. The molecule has 0 aliphatic carbocycles. The monoisotopic (exact) mass is 399 g/mol. The number of carbonyl (C=O) groups is 2. The molecule has 0 amide bonds. The van der Waals surface area contributed by atoms with Crippen molar-refractivity contribution in [3.63, 3.8) is 0 Å². The van der Waals surface area contributed by atoms with Gasteiger partial charge >= 0.3 is 11.9 Å². The number of cyclic esters (lactones) is 1. The highest BCUT2D eigenvalue weighted by atomic mass is 79.9. The van der Waals surface area contributed by atoms with Crippen LogP contribution in [0.1, 0.15) is 18.4 Å². The van der Waals surface area contributed by atoms with Gasteiger partial charge in [-0.3, -0.25) is 0 Å². The van der Waals surface area contributed by atoms with Crippen LogP contribution in [0.4, 0.5) is 8.78 Å². The van der Waals surface area contributed by atoms with E-state index in [2.05, 4.69) is 21.2 Å². The maximum atomic E-state index is 14.0. The number of esters is 2. The van der Waals surface area contributed by atoms with E-state index < -0.39 is 29.5 Å². The molecule has 0 saturated carbocycles. The Morgan fingerprint density at radius 1 is 1.42 bits per heavy atom. The van der Waals surface area contributed by atoms with Crippen molar-refractivity contribution in [2.24, 2.45) is 0 Å². The molecule has 1 N–H and O–H groups in total. The minimum atomic E-state index is -0.997. The molecule has 3 rings (SSSR count). The van der Waals surface area contributed by atoms with Gasteiger partial charge < -0.3 is 14.8 Å². The van der Waals surface area contributed by atoms with E-state index in [1.54, 1.807) is 6.92 Å². The summed E-state index contributed by atoms with van der Waals surface area (Å²) in [5, 5.41) is 2.93. The largest absolute Gasteiger partial charge is 0.466 e. The second-order valence-electron chi connectivity index (χ2n) is 5.35. The molecular weight excluding hydrogens is 388 g/mol. The van der Waals surface area contributed by atoms with Gasteiger partial charge in [0.15, 0.2) is 0 Å². The third kappa shape index (κ3) is 2.50. The first-order chi connectivity index (χ1) is 11.3. The van der Waals surface area contributed by atoms with Crippen molar-refractivity contribution in [3.05, 3.63) is 56.3 Å². The van der Waals surface area contributed by atoms with Crippen LogP contribution in [-0.4, -0.2) is 25.7 Å². The van der Waals surface area contributed by atoms with E-state index in [1.165, 1.54) is 7.11 Å². The van der Waals surface area contributed by atoms with Gasteiger partial charge in [0.25, 0.3) is 0 Å². The Kier molecular flexibility index (Phi) is 4.16. The molecule has 0 bridgehead atoms. The molecule has 0 saturated heterocycles. The molecule has 1 atom stereocenters. The normalized spacial score (nSPS) is 19.9. The van der Waals surface area contributed by atoms with Gasteiger partial charge in [-0.05, 0) is 34.5 Å². The van der Waals surface area contributed by atoms with E-state index in [9.17, 15) is 18.4 Å². The van der Waals surface area contributed by atoms with Gasteiger partial charge in [-0.1, -0.05) is 0 Å². The second kappa shape index (κ2) is 6.01. The number of methoxy groups -OCH3 is 1. The number of hydrogen-bond acceptors (Lipinski definition) is 5. The summed E-state index contributed by atoms with van der Waals surface area (Å²) < 4.78 is 37.5. The predicted molar refractivity (Wildman–Crippen MR) is 82.6 cm³/mol. The molecule has 0 unspecified atom stereocenters. The summed E-state index contributed by atoms with van der Waals surface area (Å²) in [5.41, 5.74) is 1.25. The van der Waals surface area contributed by atoms with Gasteiger partial charge in [0.2, 0.25) is 0 Å². The van der Waals surface area contributed by atoms with Crippen molar-refractivity contribution in [1.82, 2.24) is 5.32 Å². The van der Waals surface area contributed by atoms with Crippen LogP contribution in [0, 0.1) is 11.6 Å². The highest BCUT2D eigenvalue weighted by molar-refractivity contribution is 9.10. The maximum absolute atomic E-state index is 14.0. The van der Waals surface area contributed by atoms with Crippen molar-refractivity contribution >= 4 is 27.9 Å². The first kappa shape index (κ1) is 16.6. The second-order valence-corrected chi connectivity index (χ2v) is 6.14. The number of ether oxygens (including phenoxy) is 2. The number of hydrogen-bond donors (Lipinski definition) is 1. The van der Waals surface area contributed by atoms with E-state index in [1.807, 2.05) is 0 Å². The first-order valence-corrected chi connectivity index (χ1v) is 7.75. The van der Waals surface area contributed by atoms with Crippen LogP contribution in [0.25, 0.3) is 0 Å². The lowest BCUT2D eigenvalue weighted by Gasteiger charge is -2.28. The smallest absolute Gasteiger partial charge is 0.337 e. The topological polar surface area (TPSA) is 64.6 Å². The third-order valence-electron chi connectivity index (χ3n) is 3.95. The lowest BCUT2D eigenvalue weighted by molar-refractivity contribution is -0.136. The van der Waals surface area contributed by atoms with Crippen LogP contribution in [-0.2, 0) is 19.1 Å². The standard InChI is InChI=1S/C16H12BrF2NO4/c1-6-11(15(21)23-2)12(13-10(20-6)5-24-16(13)22)8-3-7(18)4-9(19)14(8)17/h3-4,12,20H,5H2,1-2H3/t12-/m0/s1. The molecule has 5 nitrogen and oxygen atoms in total. The summed E-state index contributed by atoms with van der Waals surface area (Å²) in [4.78, 5) is 24.4. The number of halogens is 3. The van der Waals surface area contributed by atoms with Crippen LogP contribution in [0.5, 0.6) is 0 Å². The van der Waals surface area contributed by atoms with E-state index >= 15 is 0 Å². The van der Waals surface area contributed by atoms with E-state index in [4.69, 9.17) is 9.47 Å². The van der Waals surface area contributed by atoms with E-state index in [0.717, 1.165) is 6.07 Å². The van der Waals surface area contributed by atoms with Gasteiger partial charge in [-0.25, -0.2) is 18.4 Å². The Morgan fingerprint density at radius 3 is 2.79 bits per heavy atom. The summed E-state index contributed by atoms with van der Waals surface area (Å²) >= 11 is 3.07. The minimum absolute atomic E-state index is 0.00583. The van der Waals surface area contributed by atoms with Gasteiger partial charge in [0.1, 0.15) is 18.2 Å². The molecule has 2 aliphatic rings. The van der Waals surface area contributed by atoms with E-state index in [0.29, 0.717) is 17.5 Å². The lowest BCUT2D eigenvalue weighted by Crippen LogP contribution is -2.30. The van der Waals surface area contributed by atoms with Gasteiger partial charge in [0, 0.05) is 11.8 Å². The van der Waals surface area contributed by atoms with Crippen LogP contribution in [0.3, 0.4) is 0 Å². The molecule has 24 heavy (non-hydrogen) atoms. The molecule has 2 heterocycles. The summed E-state index contributed by atoms with van der Waals surface area (Å²) in [5.74, 6) is -4.00. The summed E-state index contributed by atoms with van der Waals surface area (Å²) in [7, 11) is 1.19. The van der Waals surface area contributed by atoms with Gasteiger partial charge in [-0.15, -0.1) is 0 Å². The molecule has 0 aromatic heterocycles. The number of nitrogens with one attached hydrogen (secondary N) is 1. The maximum Gasteiger partial charge on any atom is 0.337 e. The molecule has 0 fully saturated rings. The van der Waals surface area contributed by atoms with Gasteiger partial charge in [0.05, 0.1) is 34.3 Å². The molecule has 2 aliphatic heterocycles. The minimum Gasteiger partial charge on any atom is -0.466 e.